The maximum absolute atomic E-state index is 10.9. The summed E-state index contributed by atoms with van der Waals surface area (Å²) in [6.45, 7) is 3.18. The molecule has 1 aromatic rings. The van der Waals surface area contributed by atoms with Crippen LogP contribution >= 0.6 is 11.8 Å². The SMILES string of the molecule is CC1(CNc2ccc(C(N)=O)cn2)CCCS1. The van der Waals surface area contributed by atoms with Crippen molar-refractivity contribution in [3.63, 3.8) is 0 Å². The predicted octanol–water partition coefficient (Wildman–Crippen LogP) is 1.88. The van der Waals surface area contributed by atoms with Crippen LogP contribution in [-0.2, 0) is 0 Å². The zero-order valence-electron chi connectivity index (χ0n) is 9.90. The Morgan fingerprint density at radius 2 is 2.47 bits per heavy atom. The number of anilines is 1. The molecule has 0 bridgehead atoms. The third-order valence-electron chi connectivity index (χ3n) is 2.99. The Bertz CT molecular complexity index is 399. The molecule has 1 aliphatic rings. The van der Waals surface area contributed by atoms with Crippen molar-refractivity contribution in [3.05, 3.63) is 23.9 Å². The summed E-state index contributed by atoms with van der Waals surface area (Å²) in [4.78, 5) is 15.1. The second-order valence-electron chi connectivity index (χ2n) is 4.55. The van der Waals surface area contributed by atoms with Gasteiger partial charge in [-0.1, -0.05) is 0 Å². The number of thioether (sulfide) groups is 1. The first-order valence-electron chi connectivity index (χ1n) is 5.73. The molecule has 92 valence electrons. The Balaban J connectivity index is 1.93. The van der Waals surface area contributed by atoms with Gasteiger partial charge < -0.3 is 11.1 Å². The average molecular weight is 251 g/mol. The minimum absolute atomic E-state index is 0.310. The van der Waals surface area contributed by atoms with E-state index in [4.69, 9.17) is 5.73 Å². The fourth-order valence-corrected chi connectivity index (χ4v) is 3.14. The van der Waals surface area contributed by atoms with Gasteiger partial charge in [0, 0.05) is 17.5 Å². The van der Waals surface area contributed by atoms with E-state index in [0.29, 0.717) is 10.3 Å². The van der Waals surface area contributed by atoms with Crippen molar-refractivity contribution in [2.75, 3.05) is 17.6 Å². The van der Waals surface area contributed by atoms with Crippen LogP contribution in [-0.4, -0.2) is 27.9 Å². The molecule has 0 aliphatic carbocycles. The number of nitrogens with zero attached hydrogens (tertiary/aromatic N) is 1. The molecule has 1 atom stereocenters. The normalized spacial score (nSPS) is 23.6. The second-order valence-corrected chi connectivity index (χ2v) is 6.23. The molecule has 1 aliphatic heterocycles. The van der Waals surface area contributed by atoms with Crippen molar-refractivity contribution in [1.82, 2.24) is 4.98 Å². The van der Waals surface area contributed by atoms with Crippen molar-refractivity contribution in [1.29, 1.82) is 0 Å². The number of carbonyl (C=O) groups is 1. The van der Waals surface area contributed by atoms with Crippen molar-refractivity contribution >= 4 is 23.5 Å². The van der Waals surface area contributed by atoms with E-state index in [0.717, 1.165) is 12.4 Å². The maximum atomic E-state index is 10.9. The van der Waals surface area contributed by atoms with Crippen LogP contribution in [0.1, 0.15) is 30.1 Å². The molecule has 0 spiro atoms. The molecule has 2 rings (SSSR count). The molecule has 1 aromatic heterocycles. The van der Waals surface area contributed by atoms with Gasteiger partial charge in [0.05, 0.1) is 5.56 Å². The van der Waals surface area contributed by atoms with E-state index in [1.54, 1.807) is 12.1 Å². The van der Waals surface area contributed by atoms with Crippen LogP contribution in [0.15, 0.2) is 18.3 Å². The summed E-state index contributed by atoms with van der Waals surface area (Å²) in [7, 11) is 0. The number of hydrogen-bond donors (Lipinski definition) is 2. The highest BCUT2D eigenvalue weighted by Gasteiger charge is 2.29. The molecule has 2 heterocycles. The number of amides is 1. The van der Waals surface area contributed by atoms with Gasteiger partial charge in [0.1, 0.15) is 5.82 Å². The van der Waals surface area contributed by atoms with E-state index in [2.05, 4.69) is 17.2 Å². The summed E-state index contributed by atoms with van der Waals surface area (Å²) < 4.78 is 0.310. The Morgan fingerprint density at radius 3 is 3.00 bits per heavy atom. The fourth-order valence-electron chi connectivity index (χ4n) is 1.90. The number of hydrogen-bond acceptors (Lipinski definition) is 4. The number of nitrogens with one attached hydrogen (secondary N) is 1. The molecule has 0 aromatic carbocycles. The topological polar surface area (TPSA) is 68.0 Å². The summed E-state index contributed by atoms with van der Waals surface area (Å²) in [5, 5.41) is 3.31. The third-order valence-corrected chi connectivity index (χ3v) is 4.53. The summed E-state index contributed by atoms with van der Waals surface area (Å²) in [5.41, 5.74) is 5.60. The number of carbonyl (C=O) groups excluding carboxylic acids is 1. The Hall–Kier alpha value is -1.23. The molecule has 1 saturated heterocycles. The van der Waals surface area contributed by atoms with Gasteiger partial charge in [-0.3, -0.25) is 4.79 Å². The molecular weight excluding hydrogens is 234 g/mol. The first-order valence-corrected chi connectivity index (χ1v) is 6.71. The van der Waals surface area contributed by atoms with Gasteiger partial charge >= 0.3 is 0 Å². The first kappa shape index (κ1) is 12.2. The van der Waals surface area contributed by atoms with E-state index in [1.807, 2.05) is 11.8 Å². The van der Waals surface area contributed by atoms with Gasteiger partial charge in [-0.05, 0) is 37.7 Å². The highest BCUT2D eigenvalue weighted by Crippen LogP contribution is 2.37. The minimum Gasteiger partial charge on any atom is -0.369 e. The summed E-state index contributed by atoms with van der Waals surface area (Å²) >= 11 is 2.01. The minimum atomic E-state index is -0.442. The lowest BCUT2D eigenvalue weighted by Crippen LogP contribution is -2.27. The largest absolute Gasteiger partial charge is 0.369 e. The molecule has 1 fully saturated rings. The zero-order valence-corrected chi connectivity index (χ0v) is 10.7. The lowest BCUT2D eigenvalue weighted by atomic mass is 10.1. The fraction of sp³-hybridized carbons (Fsp3) is 0.500. The van der Waals surface area contributed by atoms with Crippen LogP contribution in [0.25, 0.3) is 0 Å². The molecule has 5 heteroatoms. The number of primary amides is 1. The van der Waals surface area contributed by atoms with Crippen molar-refractivity contribution in [2.45, 2.75) is 24.5 Å². The van der Waals surface area contributed by atoms with Crippen LogP contribution < -0.4 is 11.1 Å². The Morgan fingerprint density at radius 1 is 1.65 bits per heavy atom. The highest BCUT2D eigenvalue weighted by atomic mass is 32.2. The first-order chi connectivity index (χ1) is 8.09. The van der Waals surface area contributed by atoms with Crippen LogP contribution in [0.3, 0.4) is 0 Å². The lowest BCUT2D eigenvalue weighted by Gasteiger charge is -2.23. The molecule has 3 N–H and O–H groups in total. The lowest BCUT2D eigenvalue weighted by molar-refractivity contribution is 0.1000. The standard InChI is InChI=1S/C12H17N3OS/c1-12(5-2-6-17-12)8-15-10-4-3-9(7-14-10)11(13)16/h3-4,7H,2,5-6,8H2,1H3,(H2,13,16)(H,14,15). The van der Waals surface area contributed by atoms with E-state index in [9.17, 15) is 4.79 Å². The van der Waals surface area contributed by atoms with Crippen LogP contribution in [0.2, 0.25) is 0 Å². The van der Waals surface area contributed by atoms with Crippen LogP contribution in [0, 0.1) is 0 Å². The summed E-state index contributed by atoms with van der Waals surface area (Å²) in [6.07, 6.45) is 4.04. The van der Waals surface area contributed by atoms with Gasteiger partial charge in [0.15, 0.2) is 0 Å². The monoisotopic (exact) mass is 251 g/mol. The molecule has 1 unspecified atom stereocenters. The zero-order chi connectivity index (χ0) is 12.3. The summed E-state index contributed by atoms with van der Waals surface area (Å²) in [6, 6.07) is 3.49. The number of aromatic nitrogens is 1. The van der Waals surface area contributed by atoms with E-state index in [-0.39, 0.29) is 0 Å². The maximum Gasteiger partial charge on any atom is 0.250 e. The summed E-state index contributed by atoms with van der Waals surface area (Å²) in [5.74, 6) is 1.60. The van der Waals surface area contributed by atoms with E-state index >= 15 is 0 Å². The number of nitrogens with two attached hydrogens (primary N) is 1. The Kier molecular flexibility index (Phi) is 3.57. The van der Waals surface area contributed by atoms with Gasteiger partial charge in [-0.25, -0.2) is 4.98 Å². The van der Waals surface area contributed by atoms with E-state index < -0.39 is 5.91 Å². The van der Waals surface area contributed by atoms with Gasteiger partial charge in [0.25, 0.3) is 0 Å². The van der Waals surface area contributed by atoms with Crippen molar-refractivity contribution in [3.8, 4) is 0 Å². The molecule has 17 heavy (non-hydrogen) atoms. The highest BCUT2D eigenvalue weighted by molar-refractivity contribution is 8.00. The smallest absolute Gasteiger partial charge is 0.250 e. The average Bonchev–Trinajstić information content (AvgIpc) is 2.75. The van der Waals surface area contributed by atoms with Crippen LogP contribution in [0.4, 0.5) is 5.82 Å². The van der Waals surface area contributed by atoms with Crippen molar-refractivity contribution < 1.29 is 4.79 Å². The van der Waals surface area contributed by atoms with Crippen molar-refractivity contribution in [2.24, 2.45) is 5.73 Å². The Labute approximate surface area is 105 Å². The number of rotatable bonds is 4. The van der Waals surface area contributed by atoms with Gasteiger partial charge in [-0.2, -0.15) is 11.8 Å². The number of pyridine rings is 1. The van der Waals surface area contributed by atoms with Crippen LogP contribution in [0.5, 0.6) is 0 Å². The van der Waals surface area contributed by atoms with Gasteiger partial charge in [0.2, 0.25) is 5.91 Å². The quantitative estimate of drug-likeness (QED) is 0.857. The predicted molar refractivity (Wildman–Crippen MR) is 71.3 cm³/mol. The van der Waals surface area contributed by atoms with Gasteiger partial charge in [-0.15, -0.1) is 0 Å². The molecule has 0 saturated carbocycles. The van der Waals surface area contributed by atoms with E-state index in [1.165, 1.54) is 24.8 Å². The molecule has 0 radical (unpaired) electrons. The second kappa shape index (κ2) is 4.96. The molecule has 1 amide bonds. The molecule has 4 nitrogen and oxygen atoms in total. The molecular formula is C12H17N3OS. The third kappa shape index (κ3) is 3.12.